The maximum Gasteiger partial charge on any atom is 0.251 e. The number of aryl methyl sites for hydroxylation is 1. The van der Waals surface area contributed by atoms with Crippen LogP contribution in [0.25, 0.3) is 11.0 Å². The third kappa shape index (κ3) is 2.65. The van der Waals surface area contributed by atoms with Crippen LogP contribution in [0.2, 0.25) is 0 Å². The van der Waals surface area contributed by atoms with E-state index < -0.39 is 5.60 Å². The topological polar surface area (TPSA) is 75.1 Å². The van der Waals surface area contributed by atoms with Crippen molar-refractivity contribution in [3.63, 3.8) is 0 Å². The maximum atomic E-state index is 12.4. The Hall–Kier alpha value is -1.83. The highest BCUT2D eigenvalue weighted by Crippen LogP contribution is 2.37. The largest absolute Gasteiger partial charge is 0.383 e. The molecule has 23 heavy (non-hydrogen) atoms. The van der Waals surface area contributed by atoms with Crippen LogP contribution in [-0.2, 0) is 12.0 Å². The number of aromatic nitrogens is 2. The number of aliphatic hydroxyl groups is 1. The molecule has 1 amide bonds. The van der Waals surface area contributed by atoms with E-state index >= 15 is 0 Å². The Bertz CT molecular complexity index is 873. The standard InChI is InChI=1S/C16H15N3O2S2/c20-15(10-3-4-12-13(8-10)19-23-18-12)17-9-16(21)6-1-2-14-11(16)5-7-22-14/h3-5,7-8,21H,1-2,6,9H2,(H,17,20). The van der Waals surface area contributed by atoms with Gasteiger partial charge in [-0.15, -0.1) is 11.3 Å². The van der Waals surface area contributed by atoms with Gasteiger partial charge >= 0.3 is 0 Å². The van der Waals surface area contributed by atoms with Gasteiger partial charge in [-0.1, -0.05) is 0 Å². The number of rotatable bonds is 3. The van der Waals surface area contributed by atoms with Crippen molar-refractivity contribution >= 4 is 40.0 Å². The smallest absolute Gasteiger partial charge is 0.251 e. The number of amides is 1. The predicted octanol–water partition coefficient (Wildman–Crippen LogP) is 2.71. The average molecular weight is 345 g/mol. The monoisotopic (exact) mass is 345 g/mol. The van der Waals surface area contributed by atoms with Gasteiger partial charge in [-0.2, -0.15) is 8.75 Å². The summed E-state index contributed by atoms with van der Waals surface area (Å²) in [5, 5.41) is 15.8. The van der Waals surface area contributed by atoms with Crippen molar-refractivity contribution in [1.29, 1.82) is 0 Å². The molecule has 2 N–H and O–H groups in total. The lowest BCUT2D eigenvalue weighted by molar-refractivity contribution is 0.0197. The zero-order valence-electron chi connectivity index (χ0n) is 12.3. The van der Waals surface area contributed by atoms with Gasteiger partial charge in [-0.3, -0.25) is 4.79 Å². The second-order valence-electron chi connectivity index (χ2n) is 5.79. The number of hydrogen-bond donors (Lipinski definition) is 2. The van der Waals surface area contributed by atoms with Crippen molar-refractivity contribution in [3.8, 4) is 0 Å². The van der Waals surface area contributed by atoms with Crippen molar-refractivity contribution in [2.45, 2.75) is 24.9 Å². The molecule has 118 valence electrons. The predicted molar refractivity (Wildman–Crippen MR) is 90.9 cm³/mol. The molecule has 1 aliphatic carbocycles. The molecule has 7 heteroatoms. The van der Waals surface area contributed by atoms with Crippen molar-refractivity contribution in [2.24, 2.45) is 0 Å². The van der Waals surface area contributed by atoms with Gasteiger partial charge in [0, 0.05) is 10.4 Å². The molecule has 4 rings (SSSR count). The average Bonchev–Trinajstić information content (AvgIpc) is 3.21. The highest BCUT2D eigenvalue weighted by molar-refractivity contribution is 7.10. The van der Waals surface area contributed by atoms with Crippen LogP contribution in [0.5, 0.6) is 0 Å². The van der Waals surface area contributed by atoms with E-state index in [-0.39, 0.29) is 12.5 Å². The molecule has 1 atom stereocenters. The molecule has 3 aromatic rings. The number of benzene rings is 1. The third-order valence-electron chi connectivity index (χ3n) is 4.30. The molecule has 5 nitrogen and oxygen atoms in total. The zero-order chi connectivity index (χ0) is 15.9. The third-order valence-corrected chi connectivity index (χ3v) is 5.84. The van der Waals surface area contributed by atoms with Crippen LogP contribution >= 0.6 is 23.1 Å². The normalized spacial score (nSPS) is 20.4. The number of thiophene rings is 1. The summed E-state index contributed by atoms with van der Waals surface area (Å²) in [6.07, 6.45) is 2.62. The van der Waals surface area contributed by atoms with Gasteiger partial charge in [0.2, 0.25) is 0 Å². The minimum atomic E-state index is -0.963. The summed E-state index contributed by atoms with van der Waals surface area (Å²) in [6, 6.07) is 7.23. The van der Waals surface area contributed by atoms with Gasteiger partial charge in [0.15, 0.2) is 0 Å². The van der Waals surface area contributed by atoms with Crippen LogP contribution in [0.1, 0.15) is 33.6 Å². The van der Waals surface area contributed by atoms with Crippen molar-refractivity contribution in [2.75, 3.05) is 6.54 Å². The lowest BCUT2D eigenvalue weighted by Gasteiger charge is -2.32. The summed E-state index contributed by atoms with van der Waals surface area (Å²) in [4.78, 5) is 13.6. The van der Waals surface area contributed by atoms with E-state index in [9.17, 15) is 9.90 Å². The zero-order valence-corrected chi connectivity index (χ0v) is 13.9. The van der Waals surface area contributed by atoms with Gasteiger partial charge in [0.05, 0.1) is 18.3 Å². The second kappa shape index (κ2) is 5.67. The minimum absolute atomic E-state index is 0.198. The maximum absolute atomic E-state index is 12.4. The molecule has 0 fully saturated rings. The van der Waals surface area contributed by atoms with Crippen molar-refractivity contribution in [3.05, 3.63) is 45.6 Å². The van der Waals surface area contributed by atoms with Crippen LogP contribution in [-0.4, -0.2) is 26.3 Å². The number of hydrogen-bond acceptors (Lipinski definition) is 6. The Morgan fingerprint density at radius 3 is 3.09 bits per heavy atom. The van der Waals surface area contributed by atoms with Crippen LogP contribution in [0.4, 0.5) is 0 Å². The van der Waals surface area contributed by atoms with E-state index in [1.54, 1.807) is 29.5 Å². The first-order chi connectivity index (χ1) is 11.2. The Morgan fingerprint density at radius 2 is 2.17 bits per heavy atom. The van der Waals surface area contributed by atoms with Gasteiger partial charge in [0.1, 0.15) is 16.6 Å². The highest BCUT2D eigenvalue weighted by Gasteiger charge is 2.35. The van der Waals surface area contributed by atoms with Crippen molar-refractivity contribution < 1.29 is 9.90 Å². The summed E-state index contributed by atoms with van der Waals surface area (Å²) in [5.41, 5.74) is 2.05. The lowest BCUT2D eigenvalue weighted by Crippen LogP contribution is -2.42. The molecule has 0 saturated heterocycles. The summed E-state index contributed by atoms with van der Waals surface area (Å²) in [5.74, 6) is -0.198. The fourth-order valence-electron chi connectivity index (χ4n) is 3.06. The Kier molecular flexibility index (Phi) is 3.63. The molecular weight excluding hydrogens is 330 g/mol. The Balaban J connectivity index is 1.51. The first-order valence-corrected chi connectivity index (χ1v) is 9.06. The summed E-state index contributed by atoms with van der Waals surface area (Å²) < 4.78 is 8.28. The molecule has 0 radical (unpaired) electrons. The molecule has 1 unspecified atom stereocenters. The number of nitrogens with zero attached hydrogens (tertiary/aromatic N) is 2. The number of carbonyl (C=O) groups is 1. The molecule has 0 aliphatic heterocycles. The SMILES string of the molecule is O=C(NCC1(O)CCCc2sccc21)c1ccc2nsnc2c1. The second-order valence-corrected chi connectivity index (χ2v) is 7.32. The fraction of sp³-hybridized carbons (Fsp3) is 0.312. The first kappa shape index (κ1) is 14.7. The van der Waals surface area contributed by atoms with Gasteiger partial charge in [-0.05, 0) is 54.5 Å². The van der Waals surface area contributed by atoms with Gasteiger partial charge in [0.25, 0.3) is 5.91 Å². The van der Waals surface area contributed by atoms with E-state index in [0.717, 1.165) is 41.2 Å². The molecule has 0 spiro atoms. The van der Waals surface area contributed by atoms with E-state index in [1.165, 1.54) is 4.88 Å². The molecule has 2 aromatic heterocycles. The fourth-order valence-corrected chi connectivity index (χ4v) is 4.59. The molecular formula is C16H15N3O2S2. The summed E-state index contributed by atoms with van der Waals surface area (Å²) in [6.45, 7) is 0.225. The molecule has 1 aromatic carbocycles. The molecule has 1 aliphatic rings. The molecule has 0 bridgehead atoms. The van der Waals surface area contributed by atoms with E-state index in [4.69, 9.17) is 0 Å². The molecule has 0 saturated carbocycles. The Morgan fingerprint density at radius 1 is 1.30 bits per heavy atom. The van der Waals surface area contributed by atoms with Crippen LogP contribution in [0.15, 0.2) is 29.6 Å². The van der Waals surface area contributed by atoms with Crippen LogP contribution in [0.3, 0.4) is 0 Å². The first-order valence-electron chi connectivity index (χ1n) is 7.45. The van der Waals surface area contributed by atoms with E-state index in [2.05, 4.69) is 14.1 Å². The minimum Gasteiger partial charge on any atom is -0.383 e. The quantitative estimate of drug-likeness (QED) is 0.765. The molecule has 2 heterocycles. The van der Waals surface area contributed by atoms with Crippen molar-refractivity contribution in [1.82, 2.24) is 14.1 Å². The van der Waals surface area contributed by atoms with Crippen LogP contribution in [0, 0.1) is 0 Å². The van der Waals surface area contributed by atoms with Gasteiger partial charge < -0.3 is 10.4 Å². The van der Waals surface area contributed by atoms with E-state index in [1.807, 2.05) is 11.4 Å². The lowest BCUT2D eigenvalue weighted by atomic mass is 9.83. The number of nitrogens with one attached hydrogen (secondary N) is 1. The summed E-state index contributed by atoms with van der Waals surface area (Å²) in [7, 11) is 0. The Labute approximate surface area is 141 Å². The number of carbonyl (C=O) groups excluding carboxylic acids is 1. The number of fused-ring (bicyclic) bond motifs is 2. The van der Waals surface area contributed by atoms with Gasteiger partial charge in [-0.25, -0.2) is 0 Å². The van der Waals surface area contributed by atoms with E-state index in [0.29, 0.717) is 12.0 Å². The van der Waals surface area contributed by atoms with Crippen LogP contribution < -0.4 is 5.32 Å². The summed E-state index contributed by atoms with van der Waals surface area (Å²) >= 11 is 2.81. The highest BCUT2D eigenvalue weighted by atomic mass is 32.1.